The van der Waals surface area contributed by atoms with Gasteiger partial charge >= 0.3 is 0 Å². The Bertz CT molecular complexity index is 999. The third kappa shape index (κ3) is 4.67. The van der Waals surface area contributed by atoms with Crippen molar-refractivity contribution in [2.75, 3.05) is 31.9 Å². The Morgan fingerprint density at radius 2 is 1.60 bits per heavy atom. The maximum absolute atomic E-state index is 12.9. The van der Waals surface area contributed by atoms with Gasteiger partial charge in [-0.2, -0.15) is 4.99 Å². The van der Waals surface area contributed by atoms with Gasteiger partial charge in [0.05, 0.1) is 5.75 Å². The summed E-state index contributed by atoms with van der Waals surface area (Å²) in [5.41, 5.74) is 1.33. The molecule has 2 heterocycles. The molecule has 4 bridgehead atoms. The molecule has 8 heteroatoms. The van der Waals surface area contributed by atoms with Crippen LogP contribution in [0.5, 0.6) is 0 Å². The van der Waals surface area contributed by atoms with Crippen molar-refractivity contribution >= 4 is 34.7 Å². The number of benzene rings is 1. The largest absolute Gasteiger partial charge is 0.339 e. The van der Waals surface area contributed by atoms with Crippen molar-refractivity contribution in [3.05, 3.63) is 35.9 Å². The zero-order valence-electron chi connectivity index (χ0n) is 20.2. The van der Waals surface area contributed by atoms with Gasteiger partial charge < -0.3 is 10.2 Å². The van der Waals surface area contributed by atoms with Gasteiger partial charge in [-0.1, -0.05) is 42.1 Å². The van der Waals surface area contributed by atoms with Gasteiger partial charge in [0.2, 0.25) is 11.8 Å². The lowest BCUT2D eigenvalue weighted by Crippen LogP contribution is -2.64. The Labute approximate surface area is 211 Å². The lowest BCUT2D eigenvalue weighted by Gasteiger charge is -2.61. The lowest BCUT2D eigenvalue weighted by atomic mass is 9.52. The van der Waals surface area contributed by atoms with Crippen molar-refractivity contribution in [3.63, 3.8) is 0 Å². The number of rotatable bonds is 5. The Balaban J connectivity index is 0.995. The van der Waals surface area contributed by atoms with Gasteiger partial charge in [0, 0.05) is 31.7 Å². The molecule has 7 nitrogen and oxygen atoms in total. The number of thioether (sulfide) groups is 1. The first-order chi connectivity index (χ1) is 17.0. The molecule has 4 aliphatic carbocycles. The van der Waals surface area contributed by atoms with E-state index in [4.69, 9.17) is 0 Å². The topological polar surface area (TPSA) is 82.1 Å². The first-order valence-corrected chi connectivity index (χ1v) is 14.1. The number of hydrogen-bond acceptors (Lipinski definition) is 5. The van der Waals surface area contributed by atoms with Crippen LogP contribution >= 0.6 is 11.8 Å². The number of carbonyl (C=O) groups excluding carboxylic acids is 3. The molecule has 186 valence electrons. The number of hydrogen-bond donors (Lipinski definition) is 1. The molecule has 1 N–H and O–H groups in total. The molecule has 3 amide bonds. The minimum Gasteiger partial charge on any atom is -0.339 e. The summed E-state index contributed by atoms with van der Waals surface area (Å²) in [6.45, 7) is 3.44. The second kappa shape index (κ2) is 9.36. The van der Waals surface area contributed by atoms with E-state index in [1.807, 2.05) is 35.2 Å². The van der Waals surface area contributed by atoms with Gasteiger partial charge in [-0.15, -0.1) is 0 Å². The van der Waals surface area contributed by atoms with E-state index in [1.54, 1.807) is 0 Å². The molecular weight excluding hydrogens is 460 g/mol. The minimum absolute atomic E-state index is 0.0518. The molecule has 7 rings (SSSR count). The van der Waals surface area contributed by atoms with Crippen molar-refractivity contribution in [3.8, 4) is 0 Å². The molecule has 0 aromatic heterocycles. The highest BCUT2D eigenvalue weighted by Crippen LogP contribution is 2.57. The van der Waals surface area contributed by atoms with Crippen molar-refractivity contribution in [1.29, 1.82) is 0 Å². The highest BCUT2D eigenvalue weighted by molar-refractivity contribution is 8.14. The summed E-state index contributed by atoms with van der Waals surface area (Å²) < 4.78 is 0. The van der Waals surface area contributed by atoms with E-state index in [9.17, 15) is 14.4 Å². The van der Waals surface area contributed by atoms with Crippen LogP contribution in [0.1, 0.15) is 44.1 Å². The SMILES string of the molecule is O=C1N=C(SCC(=O)N2CCN(C34CC5CC(CC(C5)C3)C4)CC2)NC(=O)[C@H]1Cc1ccccc1. The maximum atomic E-state index is 12.9. The van der Waals surface area contributed by atoms with E-state index in [2.05, 4.69) is 15.2 Å². The number of nitrogens with zero attached hydrogens (tertiary/aromatic N) is 3. The number of amides is 3. The predicted molar refractivity (Wildman–Crippen MR) is 136 cm³/mol. The zero-order valence-corrected chi connectivity index (χ0v) is 21.0. The fraction of sp³-hybridized carbons (Fsp3) is 0.630. The zero-order chi connectivity index (χ0) is 24.0. The second-order valence-electron chi connectivity index (χ2n) is 11.3. The quantitative estimate of drug-likeness (QED) is 0.637. The monoisotopic (exact) mass is 494 g/mol. The number of nitrogens with one attached hydrogen (secondary N) is 1. The third-order valence-corrected chi connectivity index (χ3v) is 9.84. The average molecular weight is 495 g/mol. The number of piperazine rings is 1. The van der Waals surface area contributed by atoms with Gasteiger partial charge in [-0.3, -0.25) is 19.3 Å². The smallest absolute Gasteiger partial charge is 0.261 e. The summed E-state index contributed by atoms with van der Waals surface area (Å²) in [5, 5.41) is 2.97. The molecule has 4 saturated carbocycles. The highest BCUT2D eigenvalue weighted by Gasteiger charge is 2.53. The van der Waals surface area contributed by atoms with Crippen molar-refractivity contribution < 1.29 is 14.4 Å². The first-order valence-electron chi connectivity index (χ1n) is 13.1. The second-order valence-corrected chi connectivity index (χ2v) is 12.2. The Morgan fingerprint density at radius 1 is 0.971 bits per heavy atom. The molecule has 1 atom stereocenters. The first kappa shape index (κ1) is 23.2. The van der Waals surface area contributed by atoms with Crippen LogP contribution in [0.2, 0.25) is 0 Å². The number of aliphatic imine (C=N–C) groups is 1. The third-order valence-electron chi connectivity index (χ3n) is 8.98. The van der Waals surface area contributed by atoms with Gasteiger partial charge in [0.15, 0.2) is 5.17 Å². The predicted octanol–water partition coefficient (Wildman–Crippen LogP) is 2.70. The summed E-state index contributed by atoms with van der Waals surface area (Å²) in [7, 11) is 0. The van der Waals surface area contributed by atoms with Crippen molar-refractivity contribution in [2.24, 2.45) is 28.7 Å². The van der Waals surface area contributed by atoms with Crippen LogP contribution in [0, 0.1) is 23.7 Å². The van der Waals surface area contributed by atoms with E-state index in [-0.39, 0.29) is 22.7 Å². The Hall–Kier alpha value is -2.19. The summed E-state index contributed by atoms with van der Waals surface area (Å²) in [5.74, 6) is 1.44. The number of amidine groups is 1. The van der Waals surface area contributed by atoms with Crippen LogP contribution in [-0.2, 0) is 20.8 Å². The standard InChI is InChI=1S/C27H34N4O3S/c32-23(17-35-26-28-24(33)22(25(34)29-26)13-18-4-2-1-3-5-18)30-6-8-31(9-7-30)27-14-19-10-20(15-27)12-21(11-19)16-27/h1-5,19-22H,6-17H2,(H,28,29,33,34). The molecule has 0 radical (unpaired) electrons. The molecule has 35 heavy (non-hydrogen) atoms. The van der Waals surface area contributed by atoms with E-state index < -0.39 is 11.8 Å². The fourth-order valence-corrected chi connectivity index (χ4v) is 8.48. The van der Waals surface area contributed by atoms with E-state index in [0.29, 0.717) is 12.0 Å². The number of carbonyl (C=O) groups is 3. The van der Waals surface area contributed by atoms with Gasteiger partial charge in [0.25, 0.3) is 5.91 Å². The summed E-state index contributed by atoms with van der Waals surface area (Å²) in [6.07, 6.45) is 8.77. The van der Waals surface area contributed by atoms with Crippen LogP contribution in [0.25, 0.3) is 0 Å². The summed E-state index contributed by atoms with van der Waals surface area (Å²) in [4.78, 5) is 46.7. The maximum Gasteiger partial charge on any atom is 0.261 e. The molecule has 1 aromatic carbocycles. The van der Waals surface area contributed by atoms with E-state index in [0.717, 1.165) is 61.3 Å². The lowest BCUT2D eigenvalue weighted by molar-refractivity contribution is -0.136. The Kier molecular flexibility index (Phi) is 6.21. The molecule has 0 unspecified atom stereocenters. The summed E-state index contributed by atoms with van der Waals surface area (Å²) >= 11 is 1.16. The molecule has 0 spiro atoms. The Morgan fingerprint density at radius 3 is 2.20 bits per heavy atom. The molecule has 1 saturated heterocycles. The normalized spacial score (nSPS) is 34.6. The van der Waals surface area contributed by atoms with Crippen LogP contribution in [0.15, 0.2) is 35.3 Å². The molecule has 1 aromatic rings. The van der Waals surface area contributed by atoms with Gasteiger partial charge in [-0.25, -0.2) is 0 Å². The van der Waals surface area contributed by atoms with Crippen molar-refractivity contribution in [1.82, 2.24) is 15.1 Å². The van der Waals surface area contributed by atoms with Gasteiger partial charge in [-0.05, 0) is 68.3 Å². The summed E-state index contributed by atoms with van der Waals surface area (Å²) in [6, 6.07) is 9.48. The van der Waals surface area contributed by atoms with Crippen LogP contribution in [0.3, 0.4) is 0 Å². The molecule has 6 aliphatic rings. The molecule has 2 aliphatic heterocycles. The van der Waals surface area contributed by atoms with Crippen molar-refractivity contribution in [2.45, 2.75) is 50.5 Å². The van der Waals surface area contributed by atoms with Crippen LogP contribution in [0.4, 0.5) is 0 Å². The van der Waals surface area contributed by atoms with E-state index in [1.165, 1.54) is 38.5 Å². The molecule has 5 fully saturated rings. The molecular formula is C27H34N4O3S. The van der Waals surface area contributed by atoms with Gasteiger partial charge in [0.1, 0.15) is 5.92 Å². The van der Waals surface area contributed by atoms with Crippen LogP contribution < -0.4 is 5.32 Å². The van der Waals surface area contributed by atoms with E-state index >= 15 is 0 Å². The van der Waals surface area contributed by atoms with Crippen LogP contribution in [-0.4, -0.2) is 70.2 Å². The fourth-order valence-electron chi connectivity index (χ4n) is 7.71. The highest BCUT2D eigenvalue weighted by atomic mass is 32.2. The minimum atomic E-state index is -0.810. The average Bonchev–Trinajstić information content (AvgIpc) is 2.85.